The largest absolute Gasteiger partial charge is 0.504 e. The van der Waals surface area contributed by atoms with Crippen LogP contribution in [0.3, 0.4) is 0 Å². The highest BCUT2D eigenvalue weighted by Crippen LogP contribution is 2.56. The maximum atomic E-state index is 15.0. The number of halogens is 4. The Hall–Kier alpha value is -4.32. The van der Waals surface area contributed by atoms with Gasteiger partial charge in [0, 0.05) is 11.1 Å². The predicted octanol–water partition coefficient (Wildman–Crippen LogP) is 7.50. The molecule has 1 aliphatic carbocycles. The van der Waals surface area contributed by atoms with E-state index in [1.807, 2.05) is 121 Å². The SMILES string of the molecule is Oc1c(OC(F)F)ccc(P(c2ccccc2)c2ccccc2)c1C1=C(P(c2ccccc2)c2ccccc2)C=CC2OC(F)(F)OC12. The van der Waals surface area contributed by atoms with E-state index in [-0.39, 0.29) is 11.1 Å². The molecule has 1 aliphatic heterocycles. The molecule has 1 saturated heterocycles. The number of aromatic hydroxyl groups is 1. The highest BCUT2D eigenvalue weighted by molar-refractivity contribution is 7.80. The van der Waals surface area contributed by atoms with Crippen molar-refractivity contribution in [2.24, 2.45) is 0 Å². The number of phenolic OH excluding ortho intramolecular Hbond substituents is 1. The molecule has 7 rings (SSSR count). The van der Waals surface area contributed by atoms with Crippen LogP contribution in [0.15, 0.2) is 151 Å². The monoisotopic (exact) mass is 686 g/mol. The van der Waals surface area contributed by atoms with Gasteiger partial charge in [0.1, 0.15) is 12.2 Å². The van der Waals surface area contributed by atoms with E-state index in [9.17, 15) is 22.7 Å². The molecule has 2 unspecified atom stereocenters. The molecule has 4 nitrogen and oxygen atoms in total. The molecule has 5 aromatic rings. The summed E-state index contributed by atoms with van der Waals surface area (Å²) in [6, 6.07) is 41.3. The Morgan fingerprint density at radius 2 is 1.12 bits per heavy atom. The van der Waals surface area contributed by atoms with Gasteiger partial charge in [-0.15, -0.1) is 8.78 Å². The van der Waals surface area contributed by atoms with Gasteiger partial charge in [-0.3, -0.25) is 9.47 Å². The summed E-state index contributed by atoms with van der Waals surface area (Å²) in [7, 11) is -2.91. The second-order valence-electron chi connectivity index (χ2n) is 10.9. The standard InChI is InChI=1S/C38H28F4O4P2/c39-37(40)44-29-21-23-31(47(25-13-5-1-6-14-25)26-15-7-2-8-16-26)33(35(29)43)34-32(24-22-30-36(34)46-38(41,42)45-30)48(27-17-9-3-10-18-27)28-19-11-4-12-20-28/h1-24,30,36-37,43H. The van der Waals surface area contributed by atoms with Crippen molar-refractivity contribution >= 4 is 47.9 Å². The number of allylic oxidation sites excluding steroid dienone is 2. The zero-order valence-electron chi connectivity index (χ0n) is 25.2. The fraction of sp³-hybridized carbons (Fsp3) is 0.105. The number of fused-ring (bicyclic) bond motifs is 1. The van der Waals surface area contributed by atoms with E-state index < -0.39 is 52.5 Å². The van der Waals surface area contributed by atoms with Crippen LogP contribution in [0.4, 0.5) is 17.6 Å². The van der Waals surface area contributed by atoms with Gasteiger partial charge in [0.25, 0.3) is 0 Å². The van der Waals surface area contributed by atoms with E-state index >= 15 is 0 Å². The minimum Gasteiger partial charge on any atom is -0.504 e. The fourth-order valence-electron chi connectivity index (χ4n) is 6.08. The topological polar surface area (TPSA) is 47.9 Å². The number of hydrogen-bond donors (Lipinski definition) is 1. The van der Waals surface area contributed by atoms with Crippen LogP contribution in [0, 0.1) is 0 Å². The van der Waals surface area contributed by atoms with Crippen molar-refractivity contribution < 1.29 is 36.9 Å². The Bertz CT molecular complexity index is 1860. The Balaban J connectivity index is 1.58. The van der Waals surface area contributed by atoms with Gasteiger partial charge in [-0.2, -0.15) is 8.78 Å². The molecule has 0 spiro atoms. The number of benzene rings is 5. The lowest BCUT2D eigenvalue weighted by Crippen LogP contribution is -2.31. The third-order valence-corrected chi connectivity index (χ3v) is 13.0. The van der Waals surface area contributed by atoms with Gasteiger partial charge >= 0.3 is 12.9 Å². The van der Waals surface area contributed by atoms with Crippen LogP contribution >= 0.6 is 15.8 Å². The molecule has 0 radical (unpaired) electrons. The van der Waals surface area contributed by atoms with Crippen molar-refractivity contribution in [2.45, 2.75) is 25.1 Å². The molecular weight excluding hydrogens is 658 g/mol. The number of ether oxygens (including phenoxy) is 3. The highest BCUT2D eigenvalue weighted by Gasteiger charge is 2.53. The summed E-state index contributed by atoms with van der Waals surface area (Å²) in [6.07, 6.45) is -3.25. The Labute approximate surface area is 277 Å². The Morgan fingerprint density at radius 3 is 1.60 bits per heavy atom. The number of phenols is 1. The molecule has 1 N–H and O–H groups in total. The summed E-state index contributed by atoms with van der Waals surface area (Å²) >= 11 is 0. The number of hydrogen-bond acceptors (Lipinski definition) is 4. The molecule has 10 heteroatoms. The molecule has 0 aromatic heterocycles. The van der Waals surface area contributed by atoms with Gasteiger partial charge in [0.15, 0.2) is 11.5 Å². The molecule has 0 bridgehead atoms. The van der Waals surface area contributed by atoms with E-state index in [0.29, 0.717) is 10.6 Å². The van der Waals surface area contributed by atoms with Gasteiger partial charge in [-0.25, -0.2) is 0 Å². The van der Waals surface area contributed by atoms with Gasteiger partial charge in [-0.05, 0) is 59.8 Å². The first kappa shape index (κ1) is 32.2. The van der Waals surface area contributed by atoms with Crippen LogP contribution in [-0.4, -0.2) is 30.2 Å². The van der Waals surface area contributed by atoms with Gasteiger partial charge in [0.05, 0.1) is 0 Å². The molecule has 1 fully saturated rings. The van der Waals surface area contributed by atoms with Crippen molar-refractivity contribution in [1.82, 2.24) is 0 Å². The first-order valence-electron chi connectivity index (χ1n) is 15.1. The van der Waals surface area contributed by atoms with E-state index in [4.69, 9.17) is 14.2 Å². The molecular formula is C38H28F4O4P2. The molecule has 2 atom stereocenters. The third-order valence-electron chi connectivity index (χ3n) is 7.98. The summed E-state index contributed by atoms with van der Waals surface area (Å²) in [6.45, 7) is -3.24. The minimum absolute atomic E-state index is 0.0991. The Morgan fingerprint density at radius 1 is 0.646 bits per heavy atom. The van der Waals surface area contributed by atoms with Crippen molar-refractivity contribution in [3.63, 3.8) is 0 Å². The molecule has 5 aromatic carbocycles. The zero-order chi connectivity index (χ0) is 33.3. The normalized spacial score (nSPS) is 18.5. The number of rotatable bonds is 9. The molecule has 48 heavy (non-hydrogen) atoms. The maximum Gasteiger partial charge on any atom is 0.486 e. The molecule has 0 amide bonds. The fourth-order valence-corrected chi connectivity index (χ4v) is 11.1. The zero-order valence-corrected chi connectivity index (χ0v) is 27.0. The van der Waals surface area contributed by atoms with Crippen molar-refractivity contribution in [2.75, 3.05) is 0 Å². The third kappa shape index (κ3) is 6.42. The minimum atomic E-state index is -3.93. The van der Waals surface area contributed by atoms with Crippen LogP contribution in [0.25, 0.3) is 5.57 Å². The van der Waals surface area contributed by atoms with Gasteiger partial charge in [-0.1, -0.05) is 133 Å². The summed E-state index contributed by atoms with van der Waals surface area (Å²) in [5.74, 6) is -1.07. The summed E-state index contributed by atoms with van der Waals surface area (Å²) in [4.78, 5) is 0. The average Bonchev–Trinajstić information content (AvgIpc) is 3.42. The quantitative estimate of drug-likeness (QED) is 0.129. The average molecular weight is 687 g/mol. The predicted molar refractivity (Wildman–Crippen MR) is 183 cm³/mol. The molecule has 0 saturated carbocycles. The summed E-state index contributed by atoms with van der Waals surface area (Å²) < 4.78 is 72.6. The second kappa shape index (κ2) is 13.7. The Kier molecular flexibility index (Phi) is 9.17. The van der Waals surface area contributed by atoms with E-state index in [1.54, 1.807) is 18.2 Å². The first-order chi connectivity index (χ1) is 23.3. The maximum absolute atomic E-state index is 15.0. The van der Waals surface area contributed by atoms with Gasteiger partial charge < -0.3 is 9.84 Å². The van der Waals surface area contributed by atoms with Crippen LogP contribution in [-0.2, 0) is 9.47 Å². The van der Waals surface area contributed by atoms with Crippen LogP contribution in [0.5, 0.6) is 11.5 Å². The molecule has 2 aliphatic rings. The van der Waals surface area contributed by atoms with Crippen molar-refractivity contribution in [1.29, 1.82) is 0 Å². The summed E-state index contributed by atoms with van der Waals surface area (Å²) in [5, 5.41) is 16.8. The van der Waals surface area contributed by atoms with Crippen LogP contribution < -0.4 is 31.3 Å². The van der Waals surface area contributed by atoms with Crippen LogP contribution in [0.2, 0.25) is 0 Å². The second-order valence-corrected chi connectivity index (χ2v) is 15.3. The van der Waals surface area contributed by atoms with Crippen LogP contribution in [0.1, 0.15) is 5.56 Å². The molecule has 242 valence electrons. The van der Waals surface area contributed by atoms with E-state index in [1.165, 1.54) is 6.07 Å². The first-order valence-corrected chi connectivity index (χ1v) is 17.8. The van der Waals surface area contributed by atoms with E-state index in [0.717, 1.165) is 21.2 Å². The van der Waals surface area contributed by atoms with Gasteiger partial charge in [0.2, 0.25) is 0 Å². The molecule has 1 heterocycles. The smallest absolute Gasteiger partial charge is 0.486 e. The van der Waals surface area contributed by atoms with E-state index in [2.05, 4.69) is 0 Å². The van der Waals surface area contributed by atoms with Crippen molar-refractivity contribution in [3.8, 4) is 11.5 Å². The lowest BCUT2D eigenvalue weighted by Gasteiger charge is -2.33. The lowest BCUT2D eigenvalue weighted by molar-refractivity contribution is -0.347. The number of alkyl halides is 4. The lowest BCUT2D eigenvalue weighted by atomic mass is 9.91. The van der Waals surface area contributed by atoms with Crippen molar-refractivity contribution in [3.05, 3.63) is 156 Å². The highest BCUT2D eigenvalue weighted by atomic mass is 31.1. The summed E-state index contributed by atoms with van der Waals surface area (Å²) in [5.41, 5.74) is 0.326.